The first-order valence-corrected chi connectivity index (χ1v) is 9.32. The molecule has 140 valence electrons. The molecule has 1 aromatic rings. The van der Waals surface area contributed by atoms with Crippen molar-refractivity contribution in [2.24, 2.45) is 0 Å². The number of ether oxygens (including phenoxy) is 2. The Hall–Kier alpha value is -1.59. The van der Waals surface area contributed by atoms with E-state index in [0.29, 0.717) is 19.1 Å². The van der Waals surface area contributed by atoms with Gasteiger partial charge in [0.05, 0.1) is 0 Å². The van der Waals surface area contributed by atoms with E-state index in [1.165, 1.54) is 25.8 Å². The zero-order valence-corrected chi connectivity index (χ0v) is 16.0. The van der Waals surface area contributed by atoms with Gasteiger partial charge in [0.2, 0.25) is 0 Å². The van der Waals surface area contributed by atoms with Crippen molar-refractivity contribution in [3.8, 4) is 5.75 Å². The molecule has 1 aromatic carbocycles. The Morgan fingerprint density at radius 1 is 1.32 bits per heavy atom. The zero-order valence-electron chi connectivity index (χ0n) is 16.0. The quantitative estimate of drug-likeness (QED) is 0.778. The van der Waals surface area contributed by atoms with Crippen LogP contribution in [0.5, 0.6) is 5.75 Å². The van der Waals surface area contributed by atoms with Crippen LogP contribution in [-0.2, 0) is 9.53 Å². The second kappa shape index (κ2) is 9.20. The SMILES string of the molecule is CCC(C)(OC)C(=O)Nc1ccc(OCCN2CCCCC2C)cc1. The molecule has 0 aliphatic carbocycles. The molecule has 0 aromatic heterocycles. The first kappa shape index (κ1) is 19.7. The molecule has 0 radical (unpaired) electrons. The van der Waals surface area contributed by atoms with Crippen LogP contribution in [0.4, 0.5) is 5.69 Å². The third-order valence-electron chi connectivity index (χ3n) is 5.31. The molecule has 1 aliphatic rings. The van der Waals surface area contributed by atoms with Crippen LogP contribution in [0.1, 0.15) is 46.5 Å². The molecule has 1 saturated heterocycles. The highest BCUT2D eigenvalue weighted by Gasteiger charge is 2.30. The van der Waals surface area contributed by atoms with Gasteiger partial charge in [-0.15, -0.1) is 0 Å². The van der Waals surface area contributed by atoms with Gasteiger partial charge in [0.25, 0.3) is 5.91 Å². The summed E-state index contributed by atoms with van der Waals surface area (Å²) in [7, 11) is 1.56. The molecular weight excluding hydrogens is 316 g/mol. The minimum Gasteiger partial charge on any atom is -0.492 e. The first-order valence-electron chi connectivity index (χ1n) is 9.32. The molecule has 2 rings (SSSR count). The number of nitrogens with one attached hydrogen (secondary N) is 1. The van der Waals surface area contributed by atoms with E-state index < -0.39 is 5.60 Å². The minimum absolute atomic E-state index is 0.134. The maximum Gasteiger partial charge on any atom is 0.256 e. The summed E-state index contributed by atoms with van der Waals surface area (Å²) in [6.45, 7) is 8.84. The van der Waals surface area contributed by atoms with Crippen LogP contribution >= 0.6 is 0 Å². The highest BCUT2D eigenvalue weighted by molar-refractivity contribution is 5.97. The molecule has 1 amide bonds. The molecule has 1 fully saturated rings. The van der Waals surface area contributed by atoms with E-state index in [1.807, 2.05) is 31.2 Å². The fourth-order valence-corrected chi connectivity index (χ4v) is 3.07. The number of rotatable bonds is 8. The lowest BCUT2D eigenvalue weighted by Crippen LogP contribution is -2.41. The van der Waals surface area contributed by atoms with Crippen LogP contribution in [0, 0.1) is 0 Å². The van der Waals surface area contributed by atoms with Crippen LogP contribution in [0.15, 0.2) is 24.3 Å². The summed E-state index contributed by atoms with van der Waals surface area (Å²) in [4.78, 5) is 14.8. The van der Waals surface area contributed by atoms with Crippen molar-refractivity contribution in [2.75, 3.05) is 32.1 Å². The van der Waals surface area contributed by atoms with Gasteiger partial charge in [-0.05, 0) is 63.9 Å². The number of benzene rings is 1. The van der Waals surface area contributed by atoms with Gasteiger partial charge in [-0.1, -0.05) is 13.3 Å². The molecule has 2 atom stereocenters. The largest absolute Gasteiger partial charge is 0.492 e. The van der Waals surface area contributed by atoms with Crippen molar-refractivity contribution in [3.05, 3.63) is 24.3 Å². The zero-order chi connectivity index (χ0) is 18.3. The van der Waals surface area contributed by atoms with Crippen molar-refractivity contribution < 1.29 is 14.3 Å². The Kier molecular flexibility index (Phi) is 7.26. The Balaban J connectivity index is 1.80. The van der Waals surface area contributed by atoms with Gasteiger partial charge in [-0.25, -0.2) is 0 Å². The van der Waals surface area contributed by atoms with Crippen LogP contribution in [0.3, 0.4) is 0 Å². The van der Waals surface area contributed by atoms with Gasteiger partial charge in [-0.3, -0.25) is 9.69 Å². The van der Waals surface area contributed by atoms with Crippen molar-refractivity contribution >= 4 is 11.6 Å². The van der Waals surface area contributed by atoms with Crippen LogP contribution in [0.2, 0.25) is 0 Å². The lowest BCUT2D eigenvalue weighted by Gasteiger charge is -2.33. The number of amides is 1. The molecule has 5 heteroatoms. The minimum atomic E-state index is -0.805. The monoisotopic (exact) mass is 348 g/mol. The first-order chi connectivity index (χ1) is 12.0. The summed E-state index contributed by atoms with van der Waals surface area (Å²) in [5.74, 6) is 0.693. The molecule has 1 aliphatic heterocycles. The summed E-state index contributed by atoms with van der Waals surface area (Å²) in [6.07, 6.45) is 4.53. The molecule has 2 unspecified atom stereocenters. The molecule has 5 nitrogen and oxygen atoms in total. The summed E-state index contributed by atoms with van der Waals surface area (Å²) in [6, 6.07) is 8.17. The van der Waals surface area contributed by atoms with Crippen molar-refractivity contribution in [1.82, 2.24) is 4.90 Å². The number of carbonyl (C=O) groups excluding carboxylic acids is 1. The summed E-state index contributed by atoms with van der Waals surface area (Å²) in [5.41, 5.74) is -0.0564. The van der Waals surface area contributed by atoms with E-state index in [0.717, 1.165) is 18.0 Å². The summed E-state index contributed by atoms with van der Waals surface area (Å²) >= 11 is 0. The number of likely N-dealkylation sites (tertiary alicyclic amines) is 1. The van der Waals surface area contributed by atoms with Gasteiger partial charge in [0.15, 0.2) is 0 Å². The molecular formula is C20H32N2O3. The fourth-order valence-electron chi connectivity index (χ4n) is 3.07. The Morgan fingerprint density at radius 3 is 2.64 bits per heavy atom. The highest BCUT2D eigenvalue weighted by Crippen LogP contribution is 2.20. The predicted molar refractivity (Wildman–Crippen MR) is 101 cm³/mol. The summed E-state index contributed by atoms with van der Waals surface area (Å²) < 4.78 is 11.2. The summed E-state index contributed by atoms with van der Waals surface area (Å²) in [5, 5.41) is 2.90. The van der Waals surface area contributed by atoms with Crippen LogP contribution in [-0.4, -0.2) is 49.3 Å². The topological polar surface area (TPSA) is 50.8 Å². The Labute approximate surface area is 151 Å². The third kappa shape index (κ3) is 5.44. The molecule has 0 saturated carbocycles. The van der Waals surface area contributed by atoms with E-state index in [4.69, 9.17) is 9.47 Å². The van der Waals surface area contributed by atoms with Crippen LogP contribution < -0.4 is 10.1 Å². The maximum absolute atomic E-state index is 12.3. The maximum atomic E-state index is 12.3. The number of methoxy groups -OCH3 is 1. The predicted octanol–water partition coefficient (Wildman–Crippen LogP) is 3.69. The van der Waals surface area contributed by atoms with Crippen LogP contribution in [0.25, 0.3) is 0 Å². The van der Waals surface area contributed by atoms with E-state index in [1.54, 1.807) is 14.0 Å². The number of piperidine rings is 1. The molecule has 25 heavy (non-hydrogen) atoms. The lowest BCUT2D eigenvalue weighted by molar-refractivity contribution is -0.136. The molecule has 1 heterocycles. The third-order valence-corrected chi connectivity index (χ3v) is 5.31. The van der Waals surface area contributed by atoms with Gasteiger partial charge < -0.3 is 14.8 Å². The number of carbonyl (C=O) groups is 1. The van der Waals surface area contributed by atoms with E-state index in [-0.39, 0.29) is 5.91 Å². The van der Waals surface area contributed by atoms with Crippen molar-refractivity contribution in [3.63, 3.8) is 0 Å². The van der Waals surface area contributed by atoms with Crippen molar-refractivity contribution in [2.45, 2.75) is 58.1 Å². The molecule has 1 N–H and O–H groups in total. The fraction of sp³-hybridized carbons (Fsp3) is 0.650. The number of anilines is 1. The van der Waals surface area contributed by atoms with Gasteiger partial charge in [0.1, 0.15) is 18.0 Å². The second-order valence-corrected chi connectivity index (χ2v) is 7.00. The number of hydrogen-bond donors (Lipinski definition) is 1. The molecule has 0 spiro atoms. The van der Waals surface area contributed by atoms with Gasteiger partial charge in [-0.2, -0.15) is 0 Å². The molecule has 0 bridgehead atoms. The van der Waals surface area contributed by atoms with E-state index >= 15 is 0 Å². The highest BCUT2D eigenvalue weighted by atomic mass is 16.5. The van der Waals surface area contributed by atoms with E-state index in [9.17, 15) is 4.79 Å². The van der Waals surface area contributed by atoms with Crippen molar-refractivity contribution in [1.29, 1.82) is 0 Å². The average Bonchev–Trinajstić information content (AvgIpc) is 2.64. The smallest absolute Gasteiger partial charge is 0.256 e. The average molecular weight is 348 g/mol. The van der Waals surface area contributed by atoms with E-state index in [2.05, 4.69) is 17.1 Å². The standard InChI is InChI=1S/C20H32N2O3/c1-5-20(3,24-4)19(23)21-17-9-11-18(12-10-17)25-15-14-22-13-7-6-8-16(22)2/h9-12,16H,5-8,13-15H2,1-4H3,(H,21,23). The number of hydrogen-bond acceptors (Lipinski definition) is 4. The normalized spacial score (nSPS) is 20.7. The van der Waals surface area contributed by atoms with Gasteiger partial charge >= 0.3 is 0 Å². The second-order valence-electron chi connectivity index (χ2n) is 7.00. The van der Waals surface area contributed by atoms with Gasteiger partial charge in [0, 0.05) is 25.4 Å². The lowest BCUT2D eigenvalue weighted by atomic mass is 10.0. The Bertz CT molecular complexity index is 540. The number of nitrogens with zero attached hydrogens (tertiary/aromatic N) is 1. The Morgan fingerprint density at radius 2 is 2.04 bits per heavy atom.